The molecule has 20 heavy (non-hydrogen) atoms. The molecule has 0 atom stereocenters. The van der Waals surface area contributed by atoms with E-state index in [2.05, 4.69) is 5.32 Å². The van der Waals surface area contributed by atoms with Crippen LogP contribution in [0.1, 0.15) is 29.3 Å². The third-order valence-electron chi connectivity index (χ3n) is 3.58. The molecule has 1 heterocycles. The molecule has 1 fully saturated rings. The van der Waals surface area contributed by atoms with E-state index < -0.39 is 4.92 Å². The van der Waals surface area contributed by atoms with Gasteiger partial charge in [-0.05, 0) is 19.4 Å². The minimum Gasteiger partial charge on any atom is -0.333 e. The number of hydrogen-bond donors (Lipinski definition) is 1. The Bertz CT molecular complexity index is 526. The second-order valence-electron chi connectivity index (χ2n) is 5.04. The van der Waals surface area contributed by atoms with Crippen LogP contribution >= 0.6 is 0 Å². The van der Waals surface area contributed by atoms with Crippen LogP contribution in [0.25, 0.3) is 0 Å². The molecule has 0 saturated carbocycles. The number of nitro groups is 1. The summed E-state index contributed by atoms with van der Waals surface area (Å²) < 4.78 is 0. The molecule has 0 unspecified atom stereocenters. The Balaban J connectivity index is 2.36. The molecule has 6 nitrogen and oxygen atoms in total. The van der Waals surface area contributed by atoms with E-state index in [0.29, 0.717) is 12.1 Å². The Morgan fingerprint density at radius 1 is 1.50 bits per heavy atom. The minimum absolute atomic E-state index is 0.0779. The molecule has 0 bridgehead atoms. The second kappa shape index (κ2) is 6.00. The molecule has 1 amide bonds. The maximum absolute atomic E-state index is 12.6. The van der Waals surface area contributed by atoms with E-state index in [4.69, 9.17) is 0 Å². The largest absolute Gasteiger partial charge is 0.333 e. The molecule has 6 heteroatoms. The Labute approximate surface area is 117 Å². The number of nitrogens with one attached hydrogen (secondary N) is 1. The molecule has 0 spiro atoms. The molecule has 1 aromatic carbocycles. The molecule has 1 aromatic rings. The first kappa shape index (κ1) is 14.5. The van der Waals surface area contributed by atoms with Gasteiger partial charge in [0.25, 0.3) is 11.6 Å². The zero-order valence-electron chi connectivity index (χ0n) is 11.8. The zero-order chi connectivity index (χ0) is 14.7. The summed E-state index contributed by atoms with van der Waals surface area (Å²) in [5.74, 6) is -0.242. The third-order valence-corrected chi connectivity index (χ3v) is 3.58. The van der Waals surface area contributed by atoms with E-state index in [9.17, 15) is 14.9 Å². The number of nitrogens with zero attached hydrogens (tertiary/aromatic N) is 2. The smallest absolute Gasteiger partial charge is 0.285 e. The zero-order valence-corrected chi connectivity index (χ0v) is 11.8. The van der Waals surface area contributed by atoms with Crippen molar-refractivity contribution in [2.75, 3.05) is 19.6 Å². The van der Waals surface area contributed by atoms with Crippen molar-refractivity contribution >= 4 is 11.6 Å². The second-order valence-corrected chi connectivity index (χ2v) is 5.04. The first-order chi connectivity index (χ1) is 9.56. The number of amides is 1. The lowest BCUT2D eigenvalue weighted by Crippen LogP contribution is -2.59. The van der Waals surface area contributed by atoms with Gasteiger partial charge in [0.15, 0.2) is 0 Å². The monoisotopic (exact) mass is 277 g/mol. The number of benzene rings is 1. The summed E-state index contributed by atoms with van der Waals surface area (Å²) in [6.07, 6.45) is 0.835. The van der Waals surface area contributed by atoms with Crippen LogP contribution in [0, 0.1) is 17.0 Å². The Kier molecular flexibility index (Phi) is 4.34. The summed E-state index contributed by atoms with van der Waals surface area (Å²) in [5.41, 5.74) is 0.630. The Morgan fingerprint density at radius 3 is 2.70 bits per heavy atom. The predicted octanol–water partition coefficient (Wildman–Crippen LogP) is 1.73. The van der Waals surface area contributed by atoms with Crippen LogP contribution in [0.3, 0.4) is 0 Å². The van der Waals surface area contributed by atoms with Crippen LogP contribution in [0.2, 0.25) is 0 Å². The molecule has 0 aliphatic carbocycles. The number of carbonyl (C=O) groups excluding carboxylic acids is 1. The van der Waals surface area contributed by atoms with Crippen LogP contribution in [-0.2, 0) is 0 Å². The third kappa shape index (κ3) is 2.65. The van der Waals surface area contributed by atoms with Gasteiger partial charge in [-0.1, -0.05) is 19.1 Å². The topological polar surface area (TPSA) is 75.5 Å². The predicted molar refractivity (Wildman–Crippen MR) is 75.8 cm³/mol. The van der Waals surface area contributed by atoms with E-state index >= 15 is 0 Å². The van der Waals surface area contributed by atoms with Gasteiger partial charge in [-0.2, -0.15) is 0 Å². The van der Waals surface area contributed by atoms with E-state index in [1.807, 2.05) is 6.92 Å². The highest BCUT2D eigenvalue weighted by atomic mass is 16.6. The fraction of sp³-hybridized carbons (Fsp3) is 0.500. The molecule has 108 valence electrons. The standard InChI is InChI=1S/C14H19N3O3/c1-3-7-16(11-8-15-9-11)14(18)12-6-4-5-10(2)13(12)17(19)20/h4-6,11,15H,3,7-9H2,1-2H3. The van der Waals surface area contributed by atoms with Crippen molar-refractivity contribution < 1.29 is 9.72 Å². The number of hydrogen-bond acceptors (Lipinski definition) is 4. The van der Waals surface area contributed by atoms with Gasteiger partial charge in [0.2, 0.25) is 0 Å². The molecule has 1 saturated heterocycles. The fourth-order valence-electron chi connectivity index (χ4n) is 2.41. The highest BCUT2D eigenvalue weighted by Crippen LogP contribution is 2.25. The lowest BCUT2D eigenvalue weighted by Gasteiger charge is -2.38. The van der Waals surface area contributed by atoms with Gasteiger partial charge in [-0.15, -0.1) is 0 Å². The molecule has 0 aromatic heterocycles. The Morgan fingerprint density at radius 2 is 2.20 bits per heavy atom. The summed E-state index contributed by atoms with van der Waals surface area (Å²) in [5, 5.41) is 14.3. The highest BCUT2D eigenvalue weighted by molar-refractivity contribution is 5.99. The van der Waals surface area contributed by atoms with Gasteiger partial charge in [0.1, 0.15) is 5.56 Å². The quantitative estimate of drug-likeness (QED) is 0.657. The maximum Gasteiger partial charge on any atom is 0.285 e. The highest BCUT2D eigenvalue weighted by Gasteiger charge is 2.32. The molecule has 2 rings (SSSR count). The fourth-order valence-corrected chi connectivity index (χ4v) is 2.41. The summed E-state index contributed by atoms with van der Waals surface area (Å²) in [6.45, 7) is 5.79. The van der Waals surface area contributed by atoms with Crippen molar-refractivity contribution in [3.63, 3.8) is 0 Å². The summed E-state index contributed by atoms with van der Waals surface area (Å²) >= 11 is 0. The molecular weight excluding hydrogens is 258 g/mol. The summed E-state index contributed by atoms with van der Waals surface area (Å²) in [6, 6.07) is 5.04. The van der Waals surface area contributed by atoms with Crippen LogP contribution in [0.5, 0.6) is 0 Å². The first-order valence-electron chi connectivity index (χ1n) is 6.82. The van der Waals surface area contributed by atoms with Crippen molar-refractivity contribution in [2.45, 2.75) is 26.3 Å². The normalized spacial score (nSPS) is 14.7. The van der Waals surface area contributed by atoms with Crippen LogP contribution in [-0.4, -0.2) is 41.4 Å². The Hall–Kier alpha value is -1.95. The average Bonchev–Trinajstić information content (AvgIpc) is 2.34. The molecule has 1 N–H and O–H groups in total. The lowest BCUT2D eigenvalue weighted by molar-refractivity contribution is -0.385. The van der Waals surface area contributed by atoms with E-state index in [-0.39, 0.29) is 23.2 Å². The van der Waals surface area contributed by atoms with E-state index in [0.717, 1.165) is 19.5 Å². The number of aryl methyl sites for hydroxylation is 1. The molecule has 0 radical (unpaired) electrons. The van der Waals surface area contributed by atoms with Crippen molar-refractivity contribution in [3.05, 3.63) is 39.4 Å². The van der Waals surface area contributed by atoms with E-state index in [1.54, 1.807) is 30.0 Å². The van der Waals surface area contributed by atoms with Gasteiger partial charge < -0.3 is 10.2 Å². The van der Waals surface area contributed by atoms with Crippen molar-refractivity contribution in [2.24, 2.45) is 0 Å². The van der Waals surface area contributed by atoms with Gasteiger partial charge >= 0.3 is 0 Å². The van der Waals surface area contributed by atoms with Crippen molar-refractivity contribution in [1.29, 1.82) is 0 Å². The van der Waals surface area contributed by atoms with Crippen LogP contribution in [0.4, 0.5) is 5.69 Å². The maximum atomic E-state index is 12.6. The van der Waals surface area contributed by atoms with Gasteiger partial charge in [-0.3, -0.25) is 14.9 Å². The molecule has 1 aliphatic rings. The van der Waals surface area contributed by atoms with Crippen LogP contribution < -0.4 is 5.32 Å². The van der Waals surface area contributed by atoms with Gasteiger partial charge in [-0.25, -0.2) is 0 Å². The first-order valence-corrected chi connectivity index (χ1v) is 6.82. The lowest BCUT2D eigenvalue weighted by atomic mass is 10.0. The summed E-state index contributed by atoms with van der Waals surface area (Å²) in [4.78, 5) is 25.1. The number of rotatable bonds is 5. The van der Waals surface area contributed by atoms with Gasteiger partial charge in [0, 0.05) is 25.2 Å². The number of para-hydroxylation sites is 1. The van der Waals surface area contributed by atoms with Gasteiger partial charge in [0.05, 0.1) is 11.0 Å². The van der Waals surface area contributed by atoms with Crippen molar-refractivity contribution in [1.82, 2.24) is 10.2 Å². The van der Waals surface area contributed by atoms with E-state index in [1.165, 1.54) is 0 Å². The summed E-state index contributed by atoms with van der Waals surface area (Å²) in [7, 11) is 0. The van der Waals surface area contributed by atoms with Crippen LogP contribution in [0.15, 0.2) is 18.2 Å². The van der Waals surface area contributed by atoms with Crippen molar-refractivity contribution in [3.8, 4) is 0 Å². The molecular formula is C14H19N3O3. The molecule has 1 aliphatic heterocycles. The SMILES string of the molecule is CCCN(C(=O)c1cccc(C)c1[N+](=O)[O-])C1CNC1. The number of carbonyl (C=O) groups is 1. The minimum atomic E-state index is -0.467. The average molecular weight is 277 g/mol. The number of nitro benzene ring substituents is 1.